The van der Waals surface area contributed by atoms with E-state index >= 15 is 0 Å². The van der Waals surface area contributed by atoms with Crippen LogP contribution in [-0.2, 0) is 5.41 Å². The number of benzene rings is 5. The van der Waals surface area contributed by atoms with Gasteiger partial charge in [-0.2, -0.15) is 0 Å². The van der Waals surface area contributed by atoms with Crippen molar-refractivity contribution in [1.82, 2.24) is 0 Å². The van der Waals surface area contributed by atoms with Crippen LogP contribution in [-0.4, -0.2) is 22.8 Å². The zero-order valence-electron chi connectivity index (χ0n) is 20.6. The van der Waals surface area contributed by atoms with E-state index in [2.05, 4.69) is 97.8 Å². The lowest BCUT2D eigenvalue weighted by Gasteiger charge is -2.23. The van der Waals surface area contributed by atoms with Gasteiger partial charge >= 0.3 is 0 Å². The molecule has 0 aliphatic rings. The topological polar surface area (TPSA) is 65.2 Å². The van der Waals surface area contributed by atoms with Crippen molar-refractivity contribution in [2.45, 2.75) is 26.2 Å². The molecule has 5 rings (SSSR count). The largest absolute Gasteiger partial charge is 0.411 e. The third-order valence-electron chi connectivity index (χ3n) is 6.65. The summed E-state index contributed by atoms with van der Waals surface area (Å²) < 4.78 is 0. The molecule has 0 saturated heterocycles. The zero-order valence-corrected chi connectivity index (χ0v) is 20.6. The Morgan fingerprint density at radius 1 is 0.556 bits per heavy atom. The van der Waals surface area contributed by atoms with Gasteiger partial charge in [0.15, 0.2) is 0 Å². The van der Waals surface area contributed by atoms with Crippen molar-refractivity contribution in [2.24, 2.45) is 10.3 Å². The van der Waals surface area contributed by atoms with Crippen LogP contribution in [0.25, 0.3) is 43.8 Å². The first kappa shape index (κ1) is 23.3. The van der Waals surface area contributed by atoms with Crippen molar-refractivity contribution < 1.29 is 10.4 Å². The molecule has 0 amide bonds. The Balaban J connectivity index is 1.96. The maximum Gasteiger partial charge on any atom is 0.0734 e. The summed E-state index contributed by atoms with van der Waals surface area (Å²) in [5.41, 5.74) is 7.32. The molecule has 0 spiro atoms. The van der Waals surface area contributed by atoms with Crippen molar-refractivity contribution >= 4 is 34.0 Å². The number of hydrogen-bond acceptors (Lipinski definition) is 4. The normalized spacial score (nSPS) is 12.3. The van der Waals surface area contributed by atoms with Crippen LogP contribution in [0.2, 0.25) is 0 Å². The average molecular weight is 473 g/mol. The first-order chi connectivity index (χ1) is 17.4. The van der Waals surface area contributed by atoms with Crippen LogP contribution in [0.4, 0.5) is 0 Å². The molecule has 4 heteroatoms. The summed E-state index contributed by atoms with van der Waals surface area (Å²) in [7, 11) is 0. The molecule has 0 aliphatic heterocycles. The molecule has 2 N–H and O–H groups in total. The number of hydrogen-bond donors (Lipinski definition) is 2. The molecule has 178 valence electrons. The summed E-state index contributed by atoms with van der Waals surface area (Å²) in [6, 6.07) is 31.4. The minimum atomic E-state index is -0.0137. The lowest BCUT2D eigenvalue weighted by atomic mass is 9.81. The summed E-state index contributed by atoms with van der Waals surface area (Å²) in [6.07, 6.45) is 2.91. The minimum Gasteiger partial charge on any atom is -0.411 e. The third-order valence-corrected chi connectivity index (χ3v) is 6.65. The Morgan fingerprint density at radius 2 is 1.06 bits per heavy atom. The van der Waals surface area contributed by atoms with Gasteiger partial charge in [-0.3, -0.25) is 0 Å². The van der Waals surface area contributed by atoms with Gasteiger partial charge in [0.2, 0.25) is 0 Å². The van der Waals surface area contributed by atoms with Gasteiger partial charge in [-0.05, 0) is 84.1 Å². The van der Waals surface area contributed by atoms with Crippen LogP contribution in [0.1, 0.15) is 37.5 Å². The maximum atomic E-state index is 9.12. The highest BCUT2D eigenvalue weighted by molar-refractivity contribution is 6.21. The van der Waals surface area contributed by atoms with Crippen molar-refractivity contribution in [3.63, 3.8) is 0 Å². The predicted molar refractivity (Wildman–Crippen MR) is 150 cm³/mol. The van der Waals surface area contributed by atoms with Crippen LogP contribution >= 0.6 is 0 Å². The first-order valence-corrected chi connectivity index (χ1v) is 12.0. The van der Waals surface area contributed by atoms with Crippen molar-refractivity contribution in [3.8, 4) is 22.3 Å². The number of oxime groups is 2. The van der Waals surface area contributed by atoms with Crippen LogP contribution < -0.4 is 0 Å². The van der Waals surface area contributed by atoms with Crippen LogP contribution in [0.15, 0.2) is 101 Å². The molecule has 5 aromatic carbocycles. The SMILES string of the molecule is CC(C)(C)c1ccc2c(-c3cccc(C=NO)c3)c3ccccc3c(-c3cccc(C=NO)c3)c2c1. The molecular formula is C32H28N2O2. The summed E-state index contributed by atoms with van der Waals surface area (Å²) in [5.74, 6) is 0. The quantitative estimate of drug-likeness (QED) is 0.120. The van der Waals surface area contributed by atoms with E-state index < -0.39 is 0 Å². The molecule has 0 radical (unpaired) electrons. The lowest BCUT2D eigenvalue weighted by molar-refractivity contribution is 0.321. The highest BCUT2D eigenvalue weighted by Crippen LogP contribution is 2.44. The van der Waals surface area contributed by atoms with Gasteiger partial charge in [0.05, 0.1) is 12.4 Å². The molecule has 0 aromatic heterocycles. The monoisotopic (exact) mass is 472 g/mol. The fourth-order valence-electron chi connectivity index (χ4n) is 4.95. The Hall–Kier alpha value is -4.44. The fourth-order valence-corrected chi connectivity index (χ4v) is 4.95. The van der Waals surface area contributed by atoms with E-state index in [1.165, 1.54) is 18.0 Å². The molecule has 0 fully saturated rings. The zero-order chi connectivity index (χ0) is 25.3. The molecule has 0 atom stereocenters. The molecule has 5 aromatic rings. The van der Waals surface area contributed by atoms with E-state index in [1.807, 2.05) is 24.3 Å². The van der Waals surface area contributed by atoms with E-state index in [9.17, 15) is 0 Å². The van der Waals surface area contributed by atoms with Gasteiger partial charge in [0.1, 0.15) is 0 Å². The van der Waals surface area contributed by atoms with Crippen molar-refractivity contribution in [2.75, 3.05) is 0 Å². The lowest BCUT2D eigenvalue weighted by Crippen LogP contribution is -2.10. The van der Waals surface area contributed by atoms with E-state index in [0.717, 1.165) is 54.9 Å². The molecule has 0 aliphatic carbocycles. The van der Waals surface area contributed by atoms with Crippen LogP contribution in [0, 0.1) is 0 Å². The summed E-state index contributed by atoms with van der Waals surface area (Å²) in [5, 5.41) is 29.3. The molecule has 0 bridgehead atoms. The standard InChI is InChI=1S/C32H28N2O2/c1-32(2,3)25-14-15-28-29(18-25)31(24-11-7-9-22(17-24)20-34-36)27-13-5-4-12-26(27)30(28)23-10-6-8-21(16-23)19-33-35/h4-20,35-36H,1-3H3. The van der Waals surface area contributed by atoms with Gasteiger partial charge in [0.25, 0.3) is 0 Å². The first-order valence-electron chi connectivity index (χ1n) is 12.0. The number of rotatable bonds is 4. The van der Waals surface area contributed by atoms with E-state index in [-0.39, 0.29) is 5.41 Å². The second-order valence-electron chi connectivity index (χ2n) is 10.0. The molecule has 4 nitrogen and oxygen atoms in total. The van der Waals surface area contributed by atoms with Gasteiger partial charge in [0, 0.05) is 0 Å². The highest BCUT2D eigenvalue weighted by atomic mass is 16.4. The molecule has 36 heavy (non-hydrogen) atoms. The Kier molecular flexibility index (Phi) is 6.03. The summed E-state index contributed by atoms with van der Waals surface area (Å²) in [4.78, 5) is 0. The van der Waals surface area contributed by atoms with E-state index in [1.54, 1.807) is 0 Å². The average Bonchev–Trinajstić information content (AvgIpc) is 2.87. The Morgan fingerprint density at radius 3 is 1.56 bits per heavy atom. The van der Waals surface area contributed by atoms with Gasteiger partial charge < -0.3 is 10.4 Å². The van der Waals surface area contributed by atoms with Crippen molar-refractivity contribution in [3.05, 3.63) is 108 Å². The fraction of sp³-hybridized carbons (Fsp3) is 0.125. The third kappa shape index (κ3) is 4.22. The van der Waals surface area contributed by atoms with Gasteiger partial charge in [-0.25, -0.2) is 0 Å². The highest BCUT2D eigenvalue weighted by Gasteiger charge is 2.20. The Labute approximate surface area is 210 Å². The smallest absolute Gasteiger partial charge is 0.0734 e. The second kappa shape index (κ2) is 9.31. The number of nitrogens with zero attached hydrogens (tertiary/aromatic N) is 2. The van der Waals surface area contributed by atoms with Gasteiger partial charge in [-0.1, -0.05) is 104 Å². The van der Waals surface area contributed by atoms with E-state index in [0.29, 0.717) is 0 Å². The molecule has 0 saturated carbocycles. The molecule has 0 heterocycles. The Bertz CT molecular complexity index is 1640. The molecule has 0 unspecified atom stereocenters. The predicted octanol–water partition coefficient (Wildman–Crippen LogP) is 8.24. The van der Waals surface area contributed by atoms with Crippen molar-refractivity contribution in [1.29, 1.82) is 0 Å². The maximum absolute atomic E-state index is 9.12. The summed E-state index contributed by atoms with van der Waals surface area (Å²) in [6.45, 7) is 6.68. The minimum absolute atomic E-state index is 0.0137. The van der Waals surface area contributed by atoms with Gasteiger partial charge in [-0.15, -0.1) is 0 Å². The summed E-state index contributed by atoms with van der Waals surface area (Å²) >= 11 is 0. The molecular weight excluding hydrogens is 444 g/mol. The van der Waals surface area contributed by atoms with Crippen LogP contribution in [0.5, 0.6) is 0 Å². The van der Waals surface area contributed by atoms with E-state index in [4.69, 9.17) is 10.4 Å². The van der Waals surface area contributed by atoms with Crippen LogP contribution in [0.3, 0.4) is 0 Å². The second-order valence-corrected chi connectivity index (χ2v) is 10.0. The number of fused-ring (bicyclic) bond motifs is 2.